The van der Waals surface area contributed by atoms with Gasteiger partial charge in [0.05, 0.1) is 0 Å². The smallest absolute Gasteiger partial charge is 0.164 e. The molecule has 13 heavy (non-hydrogen) atoms. The zero-order chi connectivity index (χ0) is 9.64. The van der Waals surface area contributed by atoms with Crippen molar-refractivity contribution in [3.05, 3.63) is 34.3 Å². The van der Waals surface area contributed by atoms with E-state index in [1.54, 1.807) is 6.07 Å². The molecule has 0 heterocycles. The Balaban J connectivity index is 2.66. The van der Waals surface area contributed by atoms with Gasteiger partial charge in [-0.3, -0.25) is 4.79 Å². The van der Waals surface area contributed by atoms with Gasteiger partial charge in [-0.15, -0.1) is 0 Å². The summed E-state index contributed by atoms with van der Waals surface area (Å²) in [5.41, 5.74) is 1.91. The number of carbonyl (C=O) groups is 1. The number of ketones is 1. The molecular formula is C11H11ClO. The van der Waals surface area contributed by atoms with E-state index >= 15 is 0 Å². The highest BCUT2D eigenvalue weighted by Gasteiger charge is 2.35. The fourth-order valence-electron chi connectivity index (χ4n) is 1.93. The van der Waals surface area contributed by atoms with Crippen LogP contribution in [0.25, 0.3) is 0 Å². The first-order valence-corrected chi connectivity index (χ1v) is 4.72. The largest absolute Gasteiger partial charge is 0.294 e. The van der Waals surface area contributed by atoms with Crippen molar-refractivity contribution in [3.63, 3.8) is 0 Å². The Morgan fingerprint density at radius 3 is 2.77 bits per heavy atom. The summed E-state index contributed by atoms with van der Waals surface area (Å²) in [6, 6.07) is 5.58. The van der Waals surface area contributed by atoms with Crippen molar-refractivity contribution in [3.8, 4) is 0 Å². The minimum absolute atomic E-state index is 0.0169. The minimum Gasteiger partial charge on any atom is -0.294 e. The number of rotatable bonds is 0. The van der Waals surface area contributed by atoms with Crippen molar-refractivity contribution >= 4 is 17.4 Å². The number of hydrogen-bond donors (Lipinski definition) is 0. The second kappa shape index (κ2) is 2.58. The number of halogens is 1. The predicted octanol–water partition coefficient (Wildman–Crippen LogP) is 3.20. The van der Waals surface area contributed by atoms with Crippen LogP contribution in [0.3, 0.4) is 0 Å². The molecule has 0 radical (unpaired) electrons. The van der Waals surface area contributed by atoms with E-state index in [0.717, 1.165) is 11.1 Å². The van der Waals surface area contributed by atoms with Gasteiger partial charge in [0.25, 0.3) is 0 Å². The Morgan fingerprint density at radius 1 is 1.38 bits per heavy atom. The van der Waals surface area contributed by atoms with Gasteiger partial charge in [-0.1, -0.05) is 31.5 Å². The highest BCUT2D eigenvalue weighted by Crippen LogP contribution is 2.38. The quantitative estimate of drug-likeness (QED) is 0.620. The van der Waals surface area contributed by atoms with Crippen LogP contribution in [-0.2, 0) is 5.41 Å². The first-order chi connectivity index (χ1) is 6.00. The van der Waals surface area contributed by atoms with Crippen LogP contribution in [-0.4, -0.2) is 5.78 Å². The van der Waals surface area contributed by atoms with E-state index in [4.69, 9.17) is 11.6 Å². The number of carbonyl (C=O) groups excluding carboxylic acids is 1. The van der Waals surface area contributed by atoms with E-state index < -0.39 is 0 Å². The maximum atomic E-state index is 11.6. The highest BCUT2D eigenvalue weighted by molar-refractivity contribution is 6.31. The zero-order valence-electron chi connectivity index (χ0n) is 7.73. The van der Waals surface area contributed by atoms with Crippen molar-refractivity contribution in [1.29, 1.82) is 0 Å². The van der Waals surface area contributed by atoms with Crippen LogP contribution < -0.4 is 0 Å². The maximum absolute atomic E-state index is 11.6. The van der Waals surface area contributed by atoms with Gasteiger partial charge in [-0.05, 0) is 23.1 Å². The summed E-state index contributed by atoms with van der Waals surface area (Å²) in [4.78, 5) is 11.6. The molecule has 0 aromatic heterocycles. The van der Waals surface area contributed by atoms with E-state index in [-0.39, 0.29) is 11.2 Å². The predicted molar refractivity (Wildman–Crippen MR) is 53.4 cm³/mol. The van der Waals surface area contributed by atoms with Gasteiger partial charge in [0, 0.05) is 17.0 Å². The summed E-state index contributed by atoms with van der Waals surface area (Å²) >= 11 is 5.83. The summed E-state index contributed by atoms with van der Waals surface area (Å²) in [7, 11) is 0. The molecule has 0 spiro atoms. The van der Waals surface area contributed by atoms with Crippen molar-refractivity contribution in [2.24, 2.45) is 0 Å². The Kier molecular flexibility index (Phi) is 1.74. The molecule has 0 saturated carbocycles. The molecule has 1 aliphatic rings. The van der Waals surface area contributed by atoms with Crippen molar-refractivity contribution in [1.82, 2.24) is 0 Å². The molecule has 0 atom stereocenters. The van der Waals surface area contributed by atoms with E-state index in [1.165, 1.54) is 0 Å². The Hall–Kier alpha value is -0.820. The Bertz CT molecular complexity index is 380. The molecule has 0 amide bonds. The molecule has 1 aliphatic carbocycles. The fraction of sp³-hybridized carbons (Fsp3) is 0.364. The zero-order valence-corrected chi connectivity index (χ0v) is 8.48. The fourth-order valence-corrected chi connectivity index (χ4v) is 2.10. The third-order valence-electron chi connectivity index (χ3n) is 2.61. The van der Waals surface area contributed by atoms with Gasteiger partial charge in [0.15, 0.2) is 5.78 Å². The molecule has 0 unspecified atom stereocenters. The molecule has 0 fully saturated rings. The molecule has 0 N–H and O–H groups in total. The number of benzene rings is 1. The van der Waals surface area contributed by atoms with Gasteiger partial charge in [0.2, 0.25) is 0 Å². The topological polar surface area (TPSA) is 17.1 Å². The third-order valence-corrected chi connectivity index (χ3v) is 2.85. The molecule has 1 aromatic carbocycles. The van der Waals surface area contributed by atoms with Gasteiger partial charge in [0.1, 0.15) is 0 Å². The van der Waals surface area contributed by atoms with E-state index in [9.17, 15) is 4.79 Å². The van der Waals surface area contributed by atoms with Crippen molar-refractivity contribution in [2.75, 3.05) is 0 Å². The standard InChI is InChI=1S/C11H11ClO/c1-11(2)6-10(13)8-5-7(12)3-4-9(8)11/h3-5H,6H2,1-2H3. The Labute approximate surface area is 82.7 Å². The summed E-state index contributed by atoms with van der Waals surface area (Å²) < 4.78 is 0. The number of hydrogen-bond acceptors (Lipinski definition) is 1. The maximum Gasteiger partial charge on any atom is 0.164 e. The second-order valence-corrected chi connectivity index (χ2v) is 4.61. The lowest BCUT2D eigenvalue weighted by molar-refractivity contribution is 0.0979. The summed E-state index contributed by atoms with van der Waals surface area (Å²) in [5.74, 6) is 0.211. The molecule has 2 rings (SSSR count). The second-order valence-electron chi connectivity index (χ2n) is 4.17. The van der Waals surface area contributed by atoms with Crippen molar-refractivity contribution in [2.45, 2.75) is 25.7 Å². The summed E-state index contributed by atoms with van der Waals surface area (Å²) in [6.45, 7) is 4.18. The third kappa shape index (κ3) is 1.28. The van der Waals surface area contributed by atoms with E-state index in [2.05, 4.69) is 13.8 Å². The van der Waals surface area contributed by atoms with Gasteiger partial charge < -0.3 is 0 Å². The summed E-state index contributed by atoms with van der Waals surface area (Å²) in [6.07, 6.45) is 0.600. The Morgan fingerprint density at radius 2 is 2.08 bits per heavy atom. The molecule has 1 aromatic rings. The minimum atomic E-state index is -0.0169. The lowest BCUT2D eigenvalue weighted by Gasteiger charge is -2.17. The van der Waals surface area contributed by atoms with Crippen LogP contribution >= 0.6 is 11.6 Å². The normalized spacial score (nSPS) is 18.8. The molecular weight excluding hydrogens is 184 g/mol. The average Bonchev–Trinajstić information content (AvgIpc) is 2.22. The SMILES string of the molecule is CC1(C)CC(=O)c2cc(Cl)ccc21. The van der Waals surface area contributed by atoms with Crippen LogP contribution in [0.15, 0.2) is 18.2 Å². The molecule has 0 bridgehead atoms. The van der Waals surface area contributed by atoms with Crippen LogP contribution in [0.2, 0.25) is 5.02 Å². The van der Waals surface area contributed by atoms with E-state index in [1.807, 2.05) is 12.1 Å². The highest BCUT2D eigenvalue weighted by atomic mass is 35.5. The van der Waals surface area contributed by atoms with Gasteiger partial charge in [-0.2, -0.15) is 0 Å². The molecule has 68 valence electrons. The number of Topliss-reactive ketones (excluding diaryl/α,β-unsaturated/α-hetero) is 1. The molecule has 0 saturated heterocycles. The lowest BCUT2D eigenvalue weighted by Crippen LogP contribution is -2.12. The average molecular weight is 195 g/mol. The van der Waals surface area contributed by atoms with Crippen LogP contribution in [0.4, 0.5) is 0 Å². The van der Waals surface area contributed by atoms with Crippen molar-refractivity contribution < 1.29 is 4.79 Å². The van der Waals surface area contributed by atoms with E-state index in [0.29, 0.717) is 11.4 Å². The molecule has 2 heteroatoms. The first kappa shape index (κ1) is 8.76. The van der Waals surface area contributed by atoms with Gasteiger partial charge in [-0.25, -0.2) is 0 Å². The van der Waals surface area contributed by atoms with Crippen LogP contribution in [0.1, 0.15) is 36.2 Å². The van der Waals surface area contributed by atoms with Gasteiger partial charge >= 0.3 is 0 Å². The summed E-state index contributed by atoms with van der Waals surface area (Å²) in [5, 5.41) is 0.643. The van der Waals surface area contributed by atoms with Crippen LogP contribution in [0, 0.1) is 0 Å². The van der Waals surface area contributed by atoms with Crippen LogP contribution in [0.5, 0.6) is 0 Å². The number of fused-ring (bicyclic) bond motifs is 1. The monoisotopic (exact) mass is 194 g/mol. The molecule has 0 aliphatic heterocycles. The lowest BCUT2D eigenvalue weighted by atomic mass is 9.87. The first-order valence-electron chi connectivity index (χ1n) is 4.34. The molecule has 1 nitrogen and oxygen atoms in total.